The monoisotopic (exact) mass is 1020 g/mol. The highest BCUT2D eigenvalue weighted by atomic mass is 16.5. The molecule has 2 heterocycles. The second-order valence-corrected chi connectivity index (χ2v) is 21.8. The summed E-state index contributed by atoms with van der Waals surface area (Å²) in [4.78, 5) is 89.4. The van der Waals surface area contributed by atoms with Crippen molar-refractivity contribution in [2.24, 2.45) is 23.2 Å². The van der Waals surface area contributed by atoms with Crippen molar-refractivity contribution >= 4 is 35.2 Å². The van der Waals surface area contributed by atoms with Crippen LogP contribution in [0.15, 0.2) is 84.9 Å². The summed E-state index contributed by atoms with van der Waals surface area (Å²) in [5.74, 6) is 9.17. The third-order valence-electron chi connectivity index (χ3n) is 15.6. The molecule has 4 amide bonds. The second-order valence-electron chi connectivity index (χ2n) is 21.8. The number of fused-ring (bicyclic) bond motifs is 1. The molecule has 1 aliphatic carbocycles. The van der Waals surface area contributed by atoms with Gasteiger partial charge in [-0.2, -0.15) is 0 Å². The molecule has 2 aliphatic heterocycles. The largest absolute Gasteiger partial charge is 0.365 e. The number of nitrogens with zero attached hydrogens (tertiary/aromatic N) is 3. The standard InChI is InChI=1S/C62H81N5O8/c1-9-43(2)56(68)40-53(62(5,6)7)61(73)67-42-50(38-55(67)58(70)64-54-32-22-29-47-26-18-19-31-51(47)54)75-37-21-11-10-20-36-74-45(4)52(39-57(69)44(3)63-8)60(72)66-34-23-30-49(66)41-65(35-33-46-24-14-12-15-25-46)59(71)48-27-16-13-17-28-48/h12-19,24-28,31,43-45,49-50,52-55,63H,9,22-23,29-30,32-42H2,1-8H3,(H,64,70)/t43-,44+,45-,49+,50+,52+,53-,54-,55+/m1/s1. The van der Waals surface area contributed by atoms with Crippen LogP contribution >= 0.6 is 0 Å². The molecule has 0 saturated carbocycles. The van der Waals surface area contributed by atoms with Crippen LogP contribution in [0.1, 0.15) is 133 Å². The van der Waals surface area contributed by atoms with E-state index >= 15 is 0 Å². The molecule has 0 bridgehead atoms. The maximum absolute atomic E-state index is 14.6. The Balaban J connectivity index is 1.09. The molecule has 0 unspecified atom stereocenters. The van der Waals surface area contributed by atoms with Crippen LogP contribution in [0.3, 0.4) is 0 Å². The molecule has 13 heteroatoms. The van der Waals surface area contributed by atoms with Gasteiger partial charge in [0.25, 0.3) is 5.91 Å². The van der Waals surface area contributed by atoms with Crippen LogP contribution in [0.25, 0.3) is 0 Å². The number of hydrogen-bond acceptors (Lipinski definition) is 9. The Morgan fingerprint density at radius 2 is 1.48 bits per heavy atom. The number of carbonyl (C=O) groups excluding carboxylic acids is 6. The van der Waals surface area contributed by atoms with E-state index in [9.17, 15) is 28.8 Å². The van der Waals surface area contributed by atoms with Crippen LogP contribution in [-0.2, 0) is 46.3 Å². The van der Waals surface area contributed by atoms with Crippen molar-refractivity contribution in [3.63, 3.8) is 0 Å². The number of likely N-dealkylation sites (tertiary alicyclic amines) is 2. The lowest BCUT2D eigenvalue weighted by Crippen LogP contribution is -2.51. The molecule has 2 saturated heterocycles. The Morgan fingerprint density at radius 1 is 0.800 bits per heavy atom. The second kappa shape index (κ2) is 28.1. The SMILES string of the molecule is CC[C@@H](C)C(=O)C[C@H](C(=O)N1C[C@@H](OCC#CC#CCO[C@H](C)[C@H](CC(=O)[C@H](C)NC)C(=O)N2CCC[C@H]2CN(CCc2ccccc2)C(=O)c2ccccc2)C[C@H]1C(=O)N[C@@H]1CCCc2ccccc21)C(C)(C)C. The number of hydrogen-bond donors (Lipinski definition) is 2. The lowest BCUT2D eigenvalue weighted by atomic mass is 9.75. The van der Waals surface area contributed by atoms with Gasteiger partial charge in [-0.15, -0.1) is 0 Å². The van der Waals surface area contributed by atoms with Crippen molar-refractivity contribution in [3.8, 4) is 23.7 Å². The van der Waals surface area contributed by atoms with Gasteiger partial charge in [0.2, 0.25) is 17.7 Å². The summed E-state index contributed by atoms with van der Waals surface area (Å²) in [6.07, 6.45) is 4.81. The number of amides is 4. The molecule has 13 nitrogen and oxygen atoms in total. The van der Waals surface area contributed by atoms with Crippen molar-refractivity contribution < 1.29 is 38.2 Å². The molecular formula is C62H81N5O8. The lowest BCUT2D eigenvalue weighted by Gasteiger charge is -2.36. The number of likely N-dealkylation sites (N-methyl/N-ethyl adjacent to an activating group) is 1. The zero-order valence-electron chi connectivity index (χ0n) is 45.7. The third kappa shape index (κ3) is 16.2. The van der Waals surface area contributed by atoms with E-state index < -0.39 is 41.5 Å². The fourth-order valence-electron chi connectivity index (χ4n) is 10.5. The highest BCUT2D eigenvalue weighted by molar-refractivity contribution is 5.95. The first-order chi connectivity index (χ1) is 36.0. The molecule has 2 N–H and O–H groups in total. The highest BCUT2D eigenvalue weighted by Crippen LogP contribution is 2.36. The smallest absolute Gasteiger partial charge is 0.253 e. The fourth-order valence-corrected chi connectivity index (χ4v) is 10.5. The summed E-state index contributed by atoms with van der Waals surface area (Å²) in [6, 6.07) is 25.8. The first-order valence-corrected chi connectivity index (χ1v) is 27.3. The minimum atomic E-state index is -0.779. The van der Waals surface area contributed by atoms with Gasteiger partial charge in [0.1, 0.15) is 30.8 Å². The maximum Gasteiger partial charge on any atom is 0.253 e. The van der Waals surface area contributed by atoms with Gasteiger partial charge in [0.15, 0.2) is 0 Å². The van der Waals surface area contributed by atoms with Crippen molar-refractivity contribution in [1.82, 2.24) is 25.3 Å². The molecule has 3 aromatic rings. The van der Waals surface area contributed by atoms with Crippen molar-refractivity contribution in [2.45, 2.75) is 149 Å². The zero-order valence-corrected chi connectivity index (χ0v) is 45.7. The molecule has 0 aromatic heterocycles. The predicted molar refractivity (Wildman–Crippen MR) is 292 cm³/mol. The molecule has 3 aromatic carbocycles. The molecule has 3 aliphatic rings. The van der Waals surface area contributed by atoms with E-state index in [-0.39, 0.29) is 92.2 Å². The number of rotatable bonds is 23. The average molecular weight is 1020 g/mol. The van der Waals surface area contributed by atoms with Crippen molar-refractivity contribution in [1.29, 1.82) is 0 Å². The number of Topliss-reactive ketones (excluding diaryl/α,β-unsaturated/α-hetero) is 2. The molecular weight excluding hydrogens is 943 g/mol. The summed E-state index contributed by atoms with van der Waals surface area (Å²) in [6.45, 7) is 14.9. The third-order valence-corrected chi connectivity index (χ3v) is 15.6. The Labute approximate surface area is 446 Å². The highest BCUT2D eigenvalue weighted by Gasteiger charge is 2.46. The quantitative estimate of drug-likeness (QED) is 0.0906. The summed E-state index contributed by atoms with van der Waals surface area (Å²) < 4.78 is 12.4. The van der Waals surface area contributed by atoms with E-state index in [0.29, 0.717) is 38.0 Å². The van der Waals surface area contributed by atoms with Crippen LogP contribution in [-0.4, -0.2) is 127 Å². The Bertz CT molecular complexity index is 2540. The van der Waals surface area contributed by atoms with Gasteiger partial charge in [0, 0.05) is 68.9 Å². The van der Waals surface area contributed by atoms with Gasteiger partial charge in [-0.3, -0.25) is 28.8 Å². The Kier molecular flexibility index (Phi) is 21.8. The normalized spacial score (nSPS) is 20.2. The van der Waals surface area contributed by atoms with E-state index in [2.05, 4.69) is 46.4 Å². The molecule has 0 radical (unpaired) electrons. The Morgan fingerprint density at radius 3 is 2.17 bits per heavy atom. The van der Waals surface area contributed by atoms with Gasteiger partial charge in [-0.05, 0) is 112 Å². The first-order valence-electron chi connectivity index (χ1n) is 27.3. The number of benzene rings is 3. The summed E-state index contributed by atoms with van der Waals surface area (Å²) in [5, 5.41) is 6.28. The topological polar surface area (TPSA) is 155 Å². The zero-order chi connectivity index (χ0) is 54.1. The average Bonchev–Trinajstić information content (AvgIpc) is 4.08. The molecule has 75 heavy (non-hydrogen) atoms. The molecule has 402 valence electrons. The van der Waals surface area contributed by atoms with Gasteiger partial charge in [-0.25, -0.2) is 0 Å². The molecule has 0 spiro atoms. The number of ether oxygens (including phenoxy) is 2. The minimum absolute atomic E-state index is 0.0120. The van der Waals surface area contributed by atoms with Crippen molar-refractivity contribution in [3.05, 3.63) is 107 Å². The molecule has 6 rings (SSSR count). The maximum atomic E-state index is 14.6. The predicted octanol–water partition coefficient (Wildman–Crippen LogP) is 7.81. The van der Waals surface area contributed by atoms with Crippen LogP contribution in [0.2, 0.25) is 0 Å². The van der Waals surface area contributed by atoms with E-state index in [0.717, 1.165) is 43.2 Å². The fraction of sp³-hybridized carbons (Fsp3) is 0.548. The van der Waals surface area contributed by atoms with Crippen LogP contribution in [0.5, 0.6) is 0 Å². The number of ketones is 2. The van der Waals surface area contributed by atoms with Crippen LogP contribution < -0.4 is 10.6 Å². The van der Waals surface area contributed by atoms with Gasteiger partial charge >= 0.3 is 0 Å². The van der Waals surface area contributed by atoms with Gasteiger partial charge in [-0.1, -0.05) is 119 Å². The summed E-state index contributed by atoms with van der Waals surface area (Å²) in [7, 11) is 1.71. The summed E-state index contributed by atoms with van der Waals surface area (Å²) >= 11 is 0. The summed E-state index contributed by atoms with van der Waals surface area (Å²) in [5.41, 5.74) is 3.51. The lowest BCUT2D eigenvalue weighted by molar-refractivity contribution is -0.147. The van der Waals surface area contributed by atoms with E-state index in [4.69, 9.17) is 9.47 Å². The number of carbonyl (C=O) groups is 6. The van der Waals surface area contributed by atoms with Gasteiger partial charge < -0.3 is 34.8 Å². The first kappa shape index (κ1) is 58.1. The van der Waals surface area contributed by atoms with Crippen molar-refractivity contribution in [2.75, 3.05) is 46.4 Å². The number of nitrogens with one attached hydrogen (secondary N) is 2. The van der Waals surface area contributed by atoms with E-state index in [1.165, 1.54) is 5.56 Å². The van der Waals surface area contributed by atoms with E-state index in [1.807, 2.05) is 117 Å². The molecule has 2 fully saturated rings. The number of aryl methyl sites for hydroxylation is 1. The van der Waals surface area contributed by atoms with Gasteiger partial charge in [0.05, 0.1) is 30.2 Å². The minimum Gasteiger partial charge on any atom is -0.365 e. The molecule has 9 atom stereocenters. The van der Waals surface area contributed by atoms with Crippen LogP contribution in [0.4, 0.5) is 0 Å². The Hall–Kier alpha value is -6.12. The van der Waals surface area contributed by atoms with Crippen LogP contribution in [0, 0.1) is 46.9 Å². The van der Waals surface area contributed by atoms with E-state index in [1.54, 1.807) is 25.8 Å².